The van der Waals surface area contributed by atoms with Crippen LogP contribution in [0.25, 0.3) is 0 Å². The standard InChI is InChI=1S/C19H29NO2/c1-13-8-9-19(4,12-15(13)3)20-18(21)11-16-6-7-17(22-5)10-14(16)2/h6-7,10,13,15H,8-9,11-12H2,1-5H3,(H,20,21). The molecule has 1 aliphatic rings. The first-order valence-corrected chi connectivity index (χ1v) is 8.27. The maximum Gasteiger partial charge on any atom is 0.224 e. The molecule has 2 rings (SSSR count). The summed E-state index contributed by atoms with van der Waals surface area (Å²) in [5.74, 6) is 2.39. The van der Waals surface area contributed by atoms with Crippen molar-refractivity contribution in [2.75, 3.05) is 7.11 Å². The van der Waals surface area contributed by atoms with Crippen LogP contribution in [-0.2, 0) is 11.2 Å². The van der Waals surface area contributed by atoms with Crippen molar-refractivity contribution in [1.29, 1.82) is 0 Å². The average molecular weight is 303 g/mol. The lowest BCUT2D eigenvalue weighted by Gasteiger charge is -2.41. The van der Waals surface area contributed by atoms with Gasteiger partial charge in [0.25, 0.3) is 0 Å². The van der Waals surface area contributed by atoms with Crippen LogP contribution in [0.15, 0.2) is 18.2 Å². The Morgan fingerprint density at radius 2 is 2.09 bits per heavy atom. The van der Waals surface area contributed by atoms with Gasteiger partial charge < -0.3 is 10.1 Å². The Hall–Kier alpha value is -1.51. The molecule has 0 heterocycles. The summed E-state index contributed by atoms with van der Waals surface area (Å²) < 4.78 is 5.21. The topological polar surface area (TPSA) is 38.3 Å². The molecular formula is C19H29NO2. The summed E-state index contributed by atoms with van der Waals surface area (Å²) >= 11 is 0. The number of aryl methyl sites for hydroxylation is 1. The first-order valence-electron chi connectivity index (χ1n) is 8.27. The van der Waals surface area contributed by atoms with Crippen LogP contribution in [-0.4, -0.2) is 18.6 Å². The van der Waals surface area contributed by atoms with Gasteiger partial charge in [-0.3, -0.25) is 4.79 Å². The summed E-state index contributed by atoms with van der Waals surface area (Å²) in [4.78, 5) is 12.4. The van der Waals surface area contributed by atoms with Gasteiger partial charge in [0.1, 0.15) is 5.75 Å². The molecule has 0 aromatic heterocycles. The van der Waals surface area contributed by atoms with Crippen molar-refractivity contribution in [3.8, 4) is 5.75 Å². The zero-order chi connectivity index (χ0) is 16.3. The molecule has 3 atom stereocenters. The van der Waals surface area contributed by atoms with Crippen molar-refractivity contribution in [3.63, 3.8) is 0 Å². The molecule has 3 unspecified atom stereocenters. The van der Waals surface area contributed by atoms with Gasteiger partial charge in [0.05, 0.1) is 13.5 Å². The number of rotatable bonds is 4. The first kappa shape index (κ1) is 16.9. The van der Waals surface area contributed by atoms with Crippen molar-refractivity contribution in [2.45, 2.75) is 58.9 Å². The molecule has 1 saturated carbocycles. The van der Waals surface area contributed by atoms with E-state index in [-0.39, 0.29) is 11.4 Å². The van der Waals surface area contributed by atoms with Crippen LogP contribution in [0.3, 0.4) is 0 Å². The van der Waals surface area contributed by atoms with Crippen molar-refractivity contribution in [1.82, 2.24) is 5.32 Å². The van der Waals surface area contributed by atoms with E-state index in [1.807, 2.05) is 25.1 Å². The number of methoxy groups -OCH3 is 1. The Bertz CT molecular complexity index is 540. The molecule has 1 fully saturated rings. The third kappa shape index (κ3) is 4.02. The average Bonchev–Trinajstić information content (AvgIpc) is 2.45. The van der Waals surface area contributed by atoms with Gasteiger partial charge >= 0.3 is 0 Å². The molecule has 0 spiro atoms. The second-order valence-corrected chi connectivity index (χ2v) is 7.28. The Morgan fingerprint density at radius 3 is 2.68 bits per heavy atom. The van der Waals surface area contributed by atoms with Crippen molar-refractivity contribution < 1.29 is 9.53 Å². The molecular weight excluding hydrogens is 274 g/mol. The van der Waals surface area contributed by atoms with Crippen molar-refractivity contribution >= 4 is 5.91 Å². The van der Waals surface area contributed by atoms with Gasteiger partial charge in [0.15, 0.2) is 0 Å². The lowest BCUT2D eigenvalue weighted by atomic mass is 9.72. The van der Waals surface area contributed by atoms with Crippen LogP contribution in [0, 0.1) is 18.8 Å². The van der Waals surface area contributed by atoms with Gasteiger partial charge in [-0.1, -0.05) is 19.9 Å². The fourth-order valence-corrected chi connectivity index (χ4v) is 3.51. The second-order valence-electron chi connectivity index (χ2n) is 7.28. The largest absolute Gasteiger partial charge is 0.497 e. The predicted molar refractivity (Wildman–Crippen MR) is 90.2 cm³/mol. The van der Waals surface area contributed by atoms with E-state index in [2.05, 4.69) is 26.1 Å². The van der Waals surface area contributed by atoms with Crippen LogP contribution >= 0.6 is 0 Å². The monoisotopic (exact) mass is 303 g/mol. The Kier molecular flexibility index (Phi) is 5.15. The number of carbonyl (C=O) groups excluding carboxylic acids is 1. The number of amides is 1. The molecule has 0 saturated heterocycles. The molecule has 3 nitrogen and oxygen atoms in total. The lowest BCUT2D eigenvalue weighted by Crippen LogP contribution is -2.50. The number of hydrogen-bond donors (Lipinski definition) is 1. The van der Waals surface area contributed by atoms with E-state index in [0.717, 1.165) is 35.6 Å². The van der Waals surface area contributed by atoms with E-state index >= 15 is 0 Å². The maximum atomic E-state index is 12.4. The van der Waals surface area contributed by atoms with E-state index < -0.39 is 0 Å². The molecule has 22 heavy (non-hydrogen) atoms. The van der Waals surface area contributed by atoms with Crippen LogP contribution in [0.2, 0.25) is 0 Å². The van der Waals surface area contributed by atoms with Gasteiger partial charge in [-0.2, -0.15) is 0 Å². The van der Waals surface area contributed by atoms with Gasteiger partial charge in [-0.15, -0.1) is 0 Å². The molecule has 0 bridgehead atoms. The minimum absolute atomic E-state index is 0.0522. The Balaban J connectivity index is 1.98. The molecule has 1 aliphatic carbocycles. The number of benzene rings is 1. The third-order valence-electron chi connectivity index (χ3n) is 5.24. The van der Waals surface area contributed by atoms with E-state index in [1.54, 1.807) is 7.11 Å². The molecule has 122 valence electrons. The highest BCUT2D eigenvalue weighted by Gasteiger charge is 2.34. The van der Waals surface area contributed by atoms with Crippen LogP contribution in [0.5, 0.6) is 5.75 Å². The normalized spacial score (nSPS) is 28.2. The summed E-state index contributed by atoms with van der Waals surface area (Å²) in [7, 11) is 1.66. The summed E-state index contributed by atoms with van der Waals surface area (Å²) in [6.45, 7) is 8.82. The highest BCUT2D eigenvalue weighted by molar-refractivity contribution is 5.79. The van der Waals surface area contributed by atoms with Gasteiger partial charge in [0, 0.05) is 5.54 Å². The third-order valence-corrected chi connectivity index (χ3v) is 5.24. The fourth-order valence-electron chi connectivity index (χ4n) is 3.51. The maximum absolute atomic E-state index is 12.4. The Morgan fingerprint density at radius 1 is 1.36 bits per heavy atom. The SMILES string of the molecule is COc1ccc(CC(=O)NC2(C)CCC(C)C(C)C2)c(C)c1. The van der Waals surface area contributed by atoms with E-state index in [9.17, 15) is 4.79 Å². The molecule has 1 N–H and O–H groups in total. The van der Waals surface area contributed by atoms with E-state index in [0.29, 0.717) is 12.3 Å². The number of nitrogens with one attached hydrogen (secondary N) is 1. The summed E-state index contributed by atoms with van der Waals surface area (Å²) in [5.41, 5.74) is 2.12. The van der Waals surface area contributed by atoms with Crippen LogP contribution in [0.4, 0.5) is 0 Å². The minimum atomic E-state index is -0.0522. The number of hydrogen-bond acceptors (Lipinski definition) is 2. The summed E-state index contributed by atoms with van der Waals surface area (Å²) in [5, 5.41) is 3.28. The zero-order valence-electron chi connectivity index (χ0n) is 14.5. The number of ether oxygens (including phenoxy) is 1. The predicted octanol–water partition coefficient (Wildman–Crippen LogP) is 3.88. The second kappa shape index (κ2) is 6.72. The van der Waals surface area contributed by atoms with Crippen molar-refractivity contribution in [2.24, 2.45) is 11.8 Å². The molecule has 3 heteroatoms. The first-order chi connectivity index (χ1) is 10.3. The molecule has 1 amide bonds. The van der Waals surface area contributed by atoms with Gasteiger partial charge in [-0.05, 0) is 68.2 Å². The molecule has 1 aromatic carbocycles. The van der Waals surface area contributed by atoms with Crippen LogP contribution < -0.4 is 10.1 Å². The minimum Gasteiger partial charge on any atom is -0.497 e. The van der Waals surface area contributed by atoms with Gasteiger partial charge in [-0.25, -0.2) is 0 Å². The summed E-state index contributed by atoms with van der Waals surface area (Å²) in [6.07, 6.45) is 3.78. The highest BCUT2D eigenvalue weighted by atomic mass is 16.5. The van der Waals surface area contributed by atoms with Crippen LogP contribution in [0.1, 0.15) is 51.2 Å². The summed E-state index contributed by atoms with van der Waals surface area (Å²) in [6, 6.07) is 5.89. The quantitative estimate of drug-likeness (QED) is 0.916. The Labute approximate surface area is 134 Å². The molecule has 1 aromatic rings. The fraction of sp³-hybridized carbons (Fsp3) is 0.632. The zero-order valence-corrected chi connectivity index (χ0v) is 14.5. The molecule has 0 radical (unpaired) electrons. The highest BCUT2D eigenvalue weighted by Crippen LogP contribution is 2.35. The molecule has 0 aliphatic heterocycles. The van der Waals surface area contributed by atoms with E-state index in [1.165, 1.54) is 6.42 Å². The smallest absolute Gasteiger partial charge is 0.224 e. The van der Waals surface area contributed by atoms with E-state index in [4.69, 9.17) is 4.74 Å². The number of carbonyl (C=O) groups is 1. The van der Waals surface area contributed by atoms with Gasteiger partial charge in [0.2, 0.25) is 5.91 Å². The lowest BCUT2D eigenvalue weighted by molar-refractivity contribution is -0.122. The van der Waals surface area contributed by atoms with Crippen molar-refractivity contribution in [3.05, 3.63) is 29.3 Å².